The van der Waals surface area contributed by atoms with E-state index in [9.17, 15) is 9.18 Å². The van der Waals surface area contributed by atoms with Crippen LogP contribution in [0.4, 0.5) is 4.39 Å². The number of amides is 1. The van der Waals surface area contributed by atoms with Crippen molar-refractivity contribution in [2.45, 2.75) is 24.7 Å². The summed E-state index contributed by atoms with van der Waals surface area (Å²) in [7, 11) is 0. The van der Waals surface area contributed by atoms with E-state index in [2.05, 4.69) is 15.0 Å². The molecule has 2 aromatic rings. The largest absolute Gasteiger partial charge is 0.369 e. The minimum Gasteiger partial charge on any atom is -0.369 e. The molecule has 2 atom stereocenters. The summed E-state index contributed by atoms with van der Waals surface area (Å²) in [4.78, 5) is 23.9. The molecule has 0 spiro atoms. The molecule has 2 aromatic heterocycles. The smallest absolute Gasteiger partial charge is 0.230 e. The van der Waals surface area contributed by atoms with Gasteiger partial charge >= 0.3 is 0 Å². The maximum absolute atomic E-state index is 14.2. The van der Waals surface area contributed by atoms with Gasteiger partial charge < -0.3 is 5.73 Å². The zero-order valence-corrected chi connectivity index (χ0v) is 10.9. The van der Waals surface area contributed by atoms with E-state index < -0.39 is 11.3 Å². The first-order valence-corrected chi connectivity index (χ1v) is 6.24. The topological polar surface area (TPSA) is 81.8 Å². The first kappa shape index (κ1) is 12.7. The Bertz CT molecular complexity index is 676. The molecule has 1 fully saturated rings. The van der Waals surface area contributed by atoms with Crippen LogP contribution in [0.25, 0.3) is 0 Å². The zero-order chi connectivity index (χ0) is 14.3. The van der Waals surface area contributed by atoms with Crippen molar-refractivity contribution in [2.75, 3.05) is 0 Å². The molecule has 2 heterocycles. The number of carbonyl (C=O) groups is 1. The molecule has 5 nitrogen and oxygen atoms in total. The Morgan fingerprint density at radius 2 is 2.20 bits per heavy atom. The SMILES string of the molecule is Cc1ccnc(C2CC2(C(N)=O)c2ccncn2)c1F. The standard InChI is InChI=1S/C14H13FN4O/c1-8-2-5-18-12(11(8)15)9-6-14(9,13(16)20)10-3-4-17-7-19-10/h2-5,7,9H,6H2,1H3,(H2,16,20). The molecule has 0 saturated heterocycles. The normalized spacial score (nSPS) is 24.4. The lowest BCUT2D eigenvalue weighted by Gasteiger charge is -2.13. The van der Waals surface area contributed by atoms with Crippen molar-refractivity contribution in [1.82, 2.24) is 15.0 Å². The van der Waals surface area contributed by atoms with E-state index in [0.717, 1.165) is 0 Å². The third-order valence-corrected chi connectivity index (χ3v) is 3.88. The number of halogens is 1. The summed E-state index contributed by atoms with van der Waals surface area (Å²) >= 11 is 0. The molecule has 3 rings (SSSR count). The summed E-state index contributed by atoms with van der Waals surface area (Å²) in [5, 5.41) is 0. The predicted molar refractivity (Wildman–Crippen MR) is 69.2 cm³/mol. The van der Waals surface area contributed by atoms with Gasteiger partial charge in [0.05, 0.1) is 11.4 Å². The van der Waals surface area contributed by atoms with Gasteiger partial charge in [-0.2, -0.15) is 0 Å². The fourth-order valence-electron chi connectivity index (χ4n) is 2.63. The molecule has 2 N–H and O–H groups in total. The first-order chi connectivity index (χ1) is 9.57. The fraction of sp³-hybridized carbons (Fsp3) is 0.286. The van der Waals surface area contributed by atoms with E-state index in [-0.39, 0.29) is 17.4 Å². The lowest BCUT2D eigenvalue weighted by molar-refractivity contribution is -0.120. The van der Waals surface area contributed by atoms with Crippen LogP contribution in [-0.4, -0.2) is 20.9 Å². The second-order valence-electron chi connectivity index (χ2n) is 5.01. The van der Waals surface area contributed by atoms with Gasteiger partial charge in [-0.15, -0.1) is 0 Å². The van der Waals surface area contributed by atoms with Crippen molar-refractivity contribution in [1.29, 1.82) is 0 Å². The number of rotatable bonds is 3. The molecule has 102 valence electrons. The Morgan fingerprint density at radius 1 is 1.40 bits per heavy atom. The molecule has 1 amide bonds. The quantitative estimate of drug-likeness (QED) is 0.911. The van der Waals surface area contributed by atoms with E-state index in [0.29, 0.717) is 17.7 Å². The summed E-state index contributed by atoms with van der Waals surface area (Å²) in [6.07, 6.45) is 4.86. The zero-order valence-electron chi connectivity index (χ0n) is 10.9. The van der Waals surface area contributed by atoms with Crippen LogP contribution in [0.15, 0.2) is 30.9 Å². The average Bonchev–Trinajstić information content (AvgIpc) is 3.19. The Labute approximate surface area is 115 Å². The van der Waals surface area contributed by atoms with Gasteiger partial charge in [0.25, 0.3) is 0 Å². The van der Waals surface area contributed by atoms with Crippen LogP contribution in [0, 0.1) is 12.7 Å². The summed E-state index contributed by atoms with van der Waals surface area (Å²) in [5.41, 5.74) is 5.87. The number of pyridine rings is 1. The van der Waals surface area contributed by atoms with Gasteiger partial charge in [0.15, 0.2) is 0 Å². The van der Waals surface area contributed by atoms with Crippen LogP contribution in [0.3, 0.4) is 0 Å². The summed E-state index contributed by atoms with van der Waals surface area (Å²) < 4.78 is 14.2. The van der Waals surface area contributed by atoms with Gasteiger partial charge in [0.2, 0.25) is 5.91 Å². The maximum Gasteiger partial charge on any atom is 0.230 e. The highest BCUT2D eigenvalue weighted by molar-refractivity contribution is 5.91. The third-order valence-electron chi connectivity index (χ3n) is 3.88. The van der Waals surface area contributed by atoms with Crippen LogP contribution in [0.1, 0.15) is 29.3 Å². The third kappa shape index (κ3) is 1.68. The Balaban J connectivity index is 2.06. The second-order valence-corrected chi connectivity index (χ2v) is 5.01. The van der Waals surface area contributed by atoms with Crippen LogP contribution < -0.4 is 5.73 Å². The van der Waals surface area contributed by atoms with E-state index in [1.54, 1.807) is 25.3 Å². The lowest BCUT2D eigenvalue weighted by atomic mass is 9.96. The first-order valence-electron chi connectivity index (χ1n) is 6.24. The number of aryl methyl sites for hydroxylation is 1. The van der Waals surface area contributed by atoms with Crippen LogP contribution >= 0.6 is 0 Å². The Kier molecular flexibility index (Phi) is 2.74. The highest BCUT2D eigenvalue weighted by Crippen LogP contribution is 2.59. The van der Waals surface area contributed by atoms with E-state index in [1.165, 1.54) is 12.5 Å². The molecule has 1 saturated carbocycles. The molecule has 6 heteroatoms. The Hall–Kier alpha value is -2.37. The Morgan fingerprint density at radius 3 is 2.85 bits per heavy atom. The molecule has 20 heavy (non-hydrogen) atoms. The van der Waals surface area contributed by atoms with Crippen molar-refractivity contribution >= 4 is 5.91 Å². The van der Waals surface area contributed by atoms with E-state index >= 15 is 0 Å². The minimum atomic E-state index is -0.968. The molecule has 2 unspecified atom stereocenters. The highest BCUT2D eigenvalue weighted by Gasteiger charge is 2.63. The molecule has 0 radical (unpaired) electrons. The molecule has 1 aliphatic carbocycles. The molecule has 1 aliphatic rings. The molecule has 0 aliphatic heterocycles. The number of nitrogens with two attached hydrogens (primary N) is 1. The van der Waals surface area contributed by atoms with Crippen molar-refractivity contribution in [3.63, 3.8) is 0 Å². The summed E-state index contributed by atoms with van der Waals surface area (Å²) in [6, 6.07) is 3.23. The van der Waals surface area contributed by atoms with Gasteiger partial charge in [0.1, 0.15) is 17.6 Å². The van der Waals surface area contributed by atoms with Gasteiger partial charge in [-0.3, -0.25) is 9.78 Å². The summed E-state index contributed by atoms with van der Waals surface area (Å²) in [5.74, 6) is -1.26. The predicted octanol–water partition coefficient (Wildman–Crippen LogP) is 1.23. The maximum atomic E-state index is 14.2. The number of hydrogen-bond acceptors (Lipinski definition) is 4. The average molecular weight is 272 g/mol. The number of aromatic nitrogens is 3. The molecular weight excluding hydrogens is 259 g/mol. The van der Waals surface area contributed by atoms with E-state index in [4.69, 9.17) is 5.73 Å². The molecular formula is C14H13FN4O. The van der Waals surface area contributed by atoms with Gasteiger partial charge in [-0.05, 0) is 31.0 Å². The van der Waals surface area contributed by atoms with Crippen molar-refractivity contribution in [3.05, 3.63) is 53.6 Å². The van der Waals surface area contributed by atoms with Gasteiger partial charge in [-0.25, -0.2) is 14.4 Å². The van der Waals surface area contributed by atoms with E-state index in [1.807, 2.05) is 0 Å². The fourth-order valence-corrected chi connectivity index (χ4v) is 2.63. The number of primary amides is 1. The number of hydrogen-bond donors (Lipinski definition) is 1. The monoisotopic (exact) mass is 272 g/mol. The van der Waals surface area contributed by atoms with Gasteiger partial charge in [0, 0.05) is 18.3 Å². The van der Waals surface area contributed by atoms with Crippen molar-refractivity contribution in [3.8, 4) is 0 Å². The van der Waals surface area contributed by atoms with Crippen LogP contribution in [0.2, 0.25) is 0 Å². The lowest BCUT2D eigenvalue weighted by Crippen LogP contribution is -2.31. The molecule has 0 aromatic carbocycles. The molecule has 0 bridgehead atoms. The second kappa shape index (κ2) is 4.33. The highest BCUT2D eigenvalue weighted by atomic mass is 19.1. The minimum absolute atomic E-state index is 0.280. The van der Waals surface area contributed by atoms with Gasteiger partial charge in [-0.1, -0.05) is 0 Å². The summed E-state index contributed by atoms with van der Waals surface area (Å²) in [6.45, 7) is 1.67. The van der Waals surface area contributed by atoms with Crippen LogP contribution in [-0.2, 0) is 10.2 Å². The number of carbonyl (C=O) groups excluding carboxylic acids is 1. The van der Waals surface area contributed by atoms with Crippen molar-refractivity contribution < 1.29 is 9.18 Å². The van der Waals surface area contributed by atoms with Crippen molar-refractivity contribution in [2.24, 2.45) is 5.73 Å². The number of nitrogens with zero attached hydrogens (tertiary/aromatic N) is 3. The van der Waals surface area contributed by atoms with Crippen LogP contribution in [0.5, 0.6) is 0 Å².